The molecule has 0 aliphatic carbocycles. The molecule has 1 amide bonds. The topological polar surface area (TPSA) is 99.1 Å². The van der Waals surface area contributed by atoms with E-state index in [9.17, 15) is 4.79 Å². The lowest BCUT2D eigenvalue weighted by Gasteiger charge is -2.09. The highest BCUT2D eigenvalue weighted by atomic mass is 16.5. The van der Waals surface area contributed by atoms with E-state index in [2.05, 4.69) is 25.3 Å². The van der Waals surface area contributed by atoms with Crippen LogP contribution in [0.15, 0.2) is 36.7 Å². The van der Waals surface area contributed by atoms with Gasteiger partial charge in [-0.05, 0) is 12.1 Å². The highest BCUT2D eigenvalue weighted by Gasteiger charge is 2.14. The number of nitrogens with one attached hydrogen (secondary N) is 1. The lowest BCUT2D eigenvalue weighted by Crippen LogP contribution is -2.15. The number of anilines is 1. The van der Waals surface area contributed by atoms with Crippen LogP contribution >= 0.6 is 0 Å². The van der Waals surface area contributed by atoms with E-state index >= 15 is 0 Å². The van der Waals surface area contributed by atoms with E-state index in [4.69, 9.17) is 9.47 Å². The van der Waals surface area contributed by atoms with Crippen molar-refractivity contribution in [1.29, 1.82) is 0 Å². The molecule has 3 aromatic rings. The van der Waals surface area contributed by atoms with Gasteiger partial charge in [-0.2, -0.15) is 4.98 Å². The van der Waals surface area contributed by atoms with Crippen LogP contribution < -0.4 is 14.8 Å². The van der Waals surface area contributed by atoms with E-state index in [1.54, 1.807) is 6.07 Å². The summed E-state index contributed by atoms with van der Waals surface area (Å²) in [6, 6.07) is 7.45. The van der Waals surface area contributed by atoms with Crippen LogP contribution in [0.25, 0.3) is 11.0 Å². The average molecular weight is 311 g/mol. The van der Waals surface area contributed by atoms with Crippen molar-refractivity contribution in [2.45, 2.75) is 0 Å². The Labute approximate surface area is 131 Å². The number of rotatable bonds is 4. The van der Waals surface area contributed by atoms with E-state index in [1.807, 2.05) is 18.2 Å². The summed E-state index contributed by atoms with van der Waals surface area (Å²) in [5.74, 6) is -0.241. The fourth-order valence-electron chi connectivity index (χ4n) is 1.94. The normalized spacial score (nSPS) is 10.3. The highest BCUT2D eigenvalue weighted by Crippen LogP contribution is 2.23. The first kappa shape index (κ1) is 14.6. The van der Waals surface area contributed by atoms with Crippen molar-refractivity contribution in [3.63, 3.8) is 0 Å². The molecule has 23 heavy (non-hydrogen) atoms. The number of aromatic nitrogens is 4. The number of para-hydroxylation sites is 2. The number of carbonyl (C=O) groups excluding carboxylic acids is 1. The van der Waals surface area contributed by atoms with Crippen molar-refractivity contribution in [3.05, 3.63) is 42.4 Å². The molecule has 0 bridgehead atoms. The molecule has 0 aliphatic rings. The molecule has 0 fully saturated rings. The zero-order valence-electron chi connectivity index (χ0n) is 12.5. The van der Waals surface area contributed by atoms with Gasteiger partial charge in [0, 0.05) is 0 Å². The molecule has 0 aliphatic heterocycles. The monoisotopic (exact) mass is 311 g/mol. The molecule has 1 aromatic carbocycles. The second kappa shape index (κ2) is 6.22. The molecule has 0 spiro atoms. The predicted molar refractivity (Wildman–Crippen MR) is 82.6 cm³/mol. The Bertz CT molecular complexity index is 869. The van der Waals surface area contributed by atoms with Gasteiger partial charge < -0.3 is 14.8 Å². The molecular formula is C15H13N5O3. The number of hydrogen-bond acceptors (Lipinski definition) is 7. The first-order valence-corrected chi connectivity index (χ1v) is 6.69. The summed E-state index contributed by atoms with van der Waals surface area (Å²) in [6.07, 6.45) is 2.81. The van der Waals surface area contributed by atoms with E-state index in [-0.39, 0.29) is 17.6 Å². The van der Waals surface area contributed by atoms with E-state index in [0.29, 0.717) is 11.2 Å². The largest absolute Gasteiger partial charge is 0.479 e. The van der Waals surface area contributed by atoms with Crippen molar-refractivity contribution >= 4 is 22.6 Å². The van der Waals surface area contributed by atoms with Gasteiger partial charge in [-0.1, -0.05) is 12.1 Å². The number of carbonyl (C=O) groups is 1. The first-order valence-electron chi connectivity index (χ1n) is 6.69. The molecule has 116 valence electrons. The maximum absolute atomic E-state index is 12.3. The quantitative estimate of drug-likeness (QED) is 0.782. The van der Waals surface area contributed by atoms with Gasteiger partial charge >= 0.3 is 6.01 Å². The van der Waals surface area contributed by atoms with Gasteiger partial charge in [0.25, 0.3) is 5.91 Å². The predicted octanol–water partition coefficient (Wildman–Crippen LogP) is 1.69. The van der Waals surface area contributed by atoms with E-state index in [1.165, 1.54) is 26.6 Å². The van der Waals surface area contributed by atoms with Gasteiger partial charge in [0.05, 0.1) is 37.6 Å². The van der Waals surface area contributed by atoms with Gasteiger partial charge in [-0.15, -0.1) is 0 Å². The highest BCUT2D eigenvalue weighted by molar-refractivity contribution is 6.04. The number of nitrogens with zero attached hydrogens (tertiary/aromatic N) is 4. The van der Waals surface area contributed by atoms with Crippen molar-refractivity contribution in [2.75, 3.05) is 19.5 Å². The third-order valence-electron chi connectivity index (χ3n) is 3.04. The van der Waals surface area contributed by atoms with Crippen LogP contribution in [0.2, 0.25) is 0 Å². The molecule has 8 nitrogen and oxygen atoms in total. The Morgan fingerprint density at radius 2 is 1.78 bits per heavy atom. The Morgan fingerprint density at radius 3 is 2.52 bits per heavy atom. The zero-order valence-corrected chi connectivity index (χ0v) is 12.5. The van der Waals surface area contributed by atoms with Crippen molar-refractivity contribution < 1.29 is 14.3 Å². The summed E-state index contributed by atoms with van der Waals surface area (Å²) < 4.78 is 10.0. The minimum atomic E-state index is -0.435. The molecule has 2 aromatic heterocycles. The number of amides is 1. The lowest BCUT2D eigenvalue weighted by molar-refractivity contribution is 0.102. The molecular weight excluding hydrogens is 298 g/mol. The van der Waals surface area contributed by atoms with Gasteiger partial charge in [-0.25, -0.2) is 9.97 Å². The molecule has 8 heteroatoms. The van der Waals surface area contributed by atoms with Crippen LogP contribution in [0, 0.1) is 0 Å². The number of fused-ring (bicyclic) bond motifs is 1. The molecule has 0 saturated carbocycles. The number of benzene rings is 1. The summed E-state index contributed by atoms with van der Waals surface area (Å²) in [5.41, 5.74) is 1.85. The van der Waals surface area contributed by atoms with Crippen LogP contribution in [-0.2, 0) is 0 Å². The minimum absolute atomic E-state index is 0.144. The van der Waals surface area contributed by atoms with Gasteiger partial charge in [0.2, 0.25) is 5.88 Å². The Hall–Kier alpha value is -3.29. The first-order chi connectivity index (χ1) is 11.2. The Morgan fingerprint density at radius 1 is 1.00 bits per heavy atom. The minimum Gasteiger partial charge on any atom is -0.479 e. The van der Waals surface area contributed by atoms with Crippen molar-refractivity contribution in [2.24, 2.45) is 0 Å². The summed E-state index contributed by atoms with van der Waals surface area (Å²) in [6.45, 7) is 0. The smallest absolute Gasteiger partial charge is 0.319 e. The molecule has 0 unspecified atom stereocenters. The third kappa shape index (κ3) is 3.00. The number of ether oxygens (including phenoxy) is 2. The third-order valence-corrected chi connectivity index (χ3v) is 3.04. The van der Waals surface area contributed by atoms with Crippen LogP contribution in [-0.4, -0.2) is 40.1 Å². The van der Waals surface area contributed by atoms with Crippen LogP contribution in [0.4, 0.5) is 5.69 Å². The summed E-state index contributed by atoms with van der Waals surface area (Å²) in [4.78, 5) is 28.8. The number of hydrogen-bond donors (Lipinski definition) is 1. The Kier molecular flexibility index (Phi) is 3.96. The van der Waals surface area contributed by atoms with E-state index in [0.717, 1.165) is 5.52 Å². The van der Waals surface area contributed by atoms with Crippen molar-refractivity contribution in [1.82, 2.24) is 19.9 Å². The van der Waals surface area contributed by atoms with Crippen molar-refractivity contribution in [3.8, 4) is 11.9 Å². The summed E-state index contributed by atoms with van der Waals surface area (Å²) >= 11 is 0. The standard InChI is InChI=1S/C15H13N5O3/c1-22-14-12(8-17-15(20-14)23-2)19-13(21)11-7-16-9-5-3-4-6-10(9)18-11/h3-8H,1-2H3,(H,19,21). The fourth-order valence-corrected chi connectivity index (χ4v) is 1.94. The maximum atomic E-state index is 12.3. The molecule has 0 atom stereocenters. The van der Waals surface area contributed by atoms with Crippen LogP contribution in [0.3, 0.4) is 0 Å². The summed E-state index contributed by atoms with van der Waals surface area (Å²) in [7, 11) is 2.88. The average Bonchev–Trinajstić information content (AvgIpc) is 2.61. The second-order valence-electron chi connectivity index (χ2n) is 4.48. The molecule has 1 N–H and O–H groups in total. The van der Waals surface area contributed by atoms with Crippen LogP contribution in [0.5, 0.6) is 11.9 Å². The maximum Gasteiger partial charge on any atom is 0.319 e. The SMILES string of the molecule is COc1ncc(NC(=O)c2cnc3ccccc3n2)c(OC)n1. The molecule has 2 heterocycles. The Balaban J connectivity index is 1.88. The fraction of sp³-hybridized carbons (Fsp3) is 0.133. The lowest BCUT2D eigenvalue weighted by atomic mass is 10.3. The zero-order chi connectivity index (χ0) is 16.2. The van der Waals surface area contributed by atoms with Gasteiger partial charge in [0.1, 0.15) is 11.4 Å². The van der Waals surface area contributed by atoms with Gasteiger partial charge in [0.15, 0.2) is 0 Å². The number of methoxy groups -OCH3 is 2. The van der Waals surface area contributed by atoms with E-state index < -0.39 is 5.91 Å². The molecule has 0 saturated heterocycles. The van der Waals surface area contributed by atoms with Gasteiger partial charge in [-0.3, -0.25) is 9.78 Å². The molecule has 0 radical (unpaired) electrons. The second-order valence-corrected chi connectivity index (χ2v) is 4.48. The van der Waals surface area contributed by atoms with Crippen LogP contribution in [0.1, 0.15) is 10.5 Å². The summed E-state index contributed by atoms with van der Waals surface area (Å²) in [5, 5.41) is 2.65. The molecule has 3 rings (SSSR count).